The third kappa shape index (κ3) is 4.44. The summed E-state index contributed by atoms with van der Waals surface area (Å²) < 4.78 is 8.34. The molecule has 2 heterocycles. The van der Waals surface area contributed by atoms with Crippen molar-refractivity contribution >= 4 is 46.5 Å². The fourth-order valence-corrected chi connectivity index (χ4v) is 4.23. The summed E-state index contributed by atoms with van der Waals surface area (Å²) >= 11 is 12.1. The fraction of sp³-hybridized carbons (Fsp3) is 0.364. The molecule has 1 saturated heterocycles. The second kappa shape index (κ2) is 9.41. The smallest absolute Gasteiger partial charge is 0.129 e. The molecule has 1 aromatic heterocycles. The van der Waals surface area contributed by atoms with Gasteiger partial charge in [-0.25, -0.2) is 0 Å². The highest BCUT2D eigenvalue weighted by molar-refractivity contribution is 6.42. The van der Waals surface area contributed by atoms with Gasteiger partial charge in [-0.15, -0.1) is 12.4 Å². The zero-order valence-electron chi connectivity index (χ0n) is 16.0. The minimum Gasteiger partial charge on any atom is -0.487 e. The van der Waals surface area contributed by atoms with Crippen LogP contribution in [0.3, 0.4) is 0 Å². The highest BCUT2D eigenvalue weighted by atomic mass is 35.5. The Labute approximate surface area is 182 Å². The van der Waals surface area contributed by atoms with Crippen LogP contribution in [0.4, 0.5) is 0 Å². The van der Waals surface area contributed by atoms with Crippen LogP contribution in [0.25, 0.3) is 10.9 Å². The van der Waals surface area contributed by atoms with Crippen LogP contribution in [0.5, 0.6) is 5.75 Å². The van der Waals surface area contributed by atoms with Gasteiger partial charge in [0.1, 0.15) is 12.4 Å². The van der Waals surface area contributed by atoms with Crippen molar-refractivity contribution in [1.82, 2.24) is 9.47 Å². The van der Waals surface area contributed by atoms with Gasteiger partial charge in [0.15, 0.2) is 0 Å². The largest absolute Gasteiger partial charge is 0.487 e. The summed E-state index contributed by atoms with van der Waals surface area (Å²) in [6.07, 6.45) is 3.93. The van der Waals surface area contributed by atoms with Gasteiger partial charge in [0, 0.05) is 30.6 Å². The molecule has 0 unspecified atom stereocenters. The first kappa shape index (κ1) is 21.3. The summed E-state index contributed by atoms with van der Waals surface area (Å²) in [4.78, 5) is 2.56. The maximum atomic E-state index is 6.13. The Morgan fingerprint density at radius 2 is 1.71 bits per heavy atom. The Balaban J connectivity index is 0.00000225. The van der Waals surface area contributed by atoms with E-state index in [1.165, 1.54) is 54.5 Å². The van der Waals surface area contributed by atoms with E-state index in [-0.39, 0.29) is 12.4 Å². The van der Waals surface area contributed by atoms with Crippen molar-refractivity contribution in [3.05, 3.63) is 63.8 Å². The summed E-state index contributed by atoms with van der Waals surface area (Å²) in [5, 5.41) is 2.37. The molecule has 150 valence electrons. The van der Waals surface area contributed by atoms with Gasteiger partial charge in [0.25, 0.3) is 0 Å². The number of aromatic nitrogens is 1. The topological polar surface area (TPSA) is 17.4 Å². The molecule has 6 heteroatoms. The lowest BCUT2D eigenvalue weighted by Crippen LogP contribution is -2.29. The molecule has 0 N–H and O–H groups in total. The molecule has 0 bridgehead atoms. The Kier molecular flexibility index (Phi) is 7.16. The first-order valence-electron chi connectivity index (χ1n) is 9.49. The Morgan fingerprint density at radius 3 is 2.46 bits per heavy atom. The lowest BCUT2D eigenvalue weighted by atomic mass is 10.1. The van der Waals surface area contributed by atoms with Crippen molar-refractivity contribution in [3.8, 4) is 5.75 Å². The van der Waals surface area contributed by atoms with E-state index in [0.717, 1.165) is 12.3 Å². The predicted octanol–water partition coefficient (Wildman–Crippen LogP) is 6.47. The van der Waals surface area contributed by atoms with Gasteiger partial charge in [0.05, 0.1) is 15.7 Å². The van der Waals surface area contributed by atoms with E-state index in [9.17, 15) is 0 Å². The molecule has 0 aliphatic carbocycles. The summed E-state index contributed by atoms with van der Waals surface area (Å²) in [6.45, 7) is 3.83. The summed E-state index contributed by atoms with van der Waals surface area (Å²) in [7, 11) is 2.12. The third-order valence-corrected chi connectivity index (χ3v) is 6.18. The molecule has 3 aromatic rings. The van der Waals surface area contributed by atoms with Crippen LogP contribution < -0.4 is 4.74 Å². The van der Waals surface area contributed by atoms with Crippen LogP contribution in [0.2, 0.25) is 10.0 Å². The Bertz CT molecular complexity index is 948. The van der Waals surface area contributed by atoms with Crippen molar-refractivity contribution < 1.29 is 4.74 Å². The van der Waals surface area contributed by atoms with Gasteiger partial charge in [-0.1, -0.05) is 47.8 Å². The molecule has 1 fully saturated rings. The number of rotatable bonds is 5. The zero-order chi connectivity index (χ0) is 18.8. The van der Waals surface area contributed by atoms with Crippen LogP contribution in [0, 0.1) is 0 Å². The minimum absolute atomic E-state index is 0. The maximum Gasteiger partial charge on any atom is 0.129 e. The number of halogens is 3. The Hall–Kier alpha value is -1.39. The van der Waals surface area contributed by atoms with Gasteiger partial charge in [-0.05, 0) is 49.7 Å². The predicted molar refractivity (Wildman–Crippen MR) is 120 cm³/mol. The summed E-state index contributed by atoms with van der Waals surface area (Å²) in [5.74, 6) is 0.735. The number of ether oxygens (including phenoxy) is 1. The van der Waals surface area contributed by atoms with E-state index < -0.39 is 0 Å². The number of para-hydroxylation sites is 1. The number of aryl methyl sites for hydroxylation is 1. The normalized spacial score (nSPS) is 14.8. The molecule has 0 saturated carbocycles. The van der Waals surface area contributed by atoms with Crippen LogP contribution in [0.1, 0.15) is 30.5 Å². The van der Waals surface area contributed by atoms with E-state index in [2.05, 4.69) is 40.8 Å². The molecule has 1 aliphatic rings. The number of hydrogen-bond acceptors (Lipinski definition) is 2. The van der Waals surface area contributed by atoms with Gasteiger partial charge in [-0.3, -0.25) is 4.90 Å². The number of nitrogens with zero attached hydrogens (tertiary/aromatic N) is 2. The molecule has 0 amide bonds. The third-order valence-electron chi connectivity index (χ3n) is 5.44. The van der Waals surface area contributed by atoms with Crippen molar-refractivity contribution in [2.24, 2.45) is 7.05 Å². The second-order valence-electron chi connectivity index (χ2n) is 7.20. The van der Waals surface area contributed by atoms with Gasteiger partial charge in [0.2, 0.25) is 0 Å². The number of fused-ring (bicyclic) bond motifs is 1. The van der Waals surface area contributed by atoms with Gasteiger partial charge in [-0.2, -0.15) is 0 Å². The average molecular weight is 440 g/mol. The molecule has 0 spiro atoms. The molecule has 4 rings (SSSR count). The van der Waals surface area contributed by atoms with Crippen molar-refractivity contribution in [2.75, 3.05) is 13.1 Å². The molecule has 0 radical (unpaired) electrons. The van der Waals surface area contributed by atoms with Crippen molar-refractivity contribution in [1.29, 1.82) is 0 Å². The van der Waals surface area contributed by atoms with Crippen LogP contribution in [-0.4, -0.2) is 22.6 Å². The standard InChI is InChI=1S/C22H24Cl2N2O.ClH/c1-25-21-8-4-3-7-17(21)18(14-26-11-5-2-6-12-26)22(25)15-27-16-9-10-19(23)20(24)13-16;/h3-4,7-10,13H,2,5-6,11-12,14-15H2,1H3;1H. The molecule has 0 atom stereocenters. The van der Waals surface area contributed by atoms with E-state index in [4.69, 9.17) is 27.9 Å². The highest BCUT2D eigenvalue weighted by Crippen LogP contribution is 2.30. The minimum atomic E-state index is 0. The van der Waals surface area contributed by atoms with E-state index >= 15 is 0 Å². The number of hydrogen-bond donors (Lipinski definition) is 0. The lowest BCUT2D eigenvalue weighted by molar-refractivity contribution is 0.218. The van der Waals surface area contributed by atoms with Crippen molar-refractivity contribution in [2.45, 2.75) is 32.4 Å². The van der Waals surface area contributed by atoms with Crippen LogP contribution in [-0.2, 0) is 20.2 Å². The molecule has 28 heavy (non-hydrogen) atoms. The Morgan fingerprint density at radius 1 is 0.964 bits per heavy atom. The SMILES string of the molecule is Cl.Cn1c(COc2ccc(Cl)c(Cl)c2)c(CN2CCCCC2)c2ccccc21. The lowest BCUT2D eigenvalue weighted by Gasteiger charge is -2.26. The van der Waals surface area contributed by atoms with E-state index in [0.29, 0.717) is 16.7 Å². The zero-order valence-corrected chi connectivity index (χ0v) is 18.3. The molecule has 2 aromatic carbocycles. The monoisotopic (exact) mass is 438 g/mol. The van der Waals surface area contributed by atoms with E-state index in [1.807, 2.05) is 6.07 Å². The molecule has 1 aliphatic heterocycles. The van der Waals surface area contributed by atoms with Gasteiger partial charge >= 0.3 is 0 Å². The summed E-state index contributed by atoms with van der Waals surface area (Å²) in [6, 6.07) is 14.0. The molecular formula is C22H25Cl3N2O. The molecular weight excluding hydrogens is 415 g/mol. The number of piperidine rings is 1. The first-order chi connectivity index (χ1) is 13.1. The second-order valence-corrected chi connectivity index (χ2v) is 8.02. The van der Waals surface area contributed by atoms with Crippen LogP contribution in [0.15, 0.2) is 42.5 Å². The average Bonchev–Trinajstić information content (AvgIpc) is 2.95. The van der Waals surface area contributed by atoms with E-state index in [1.54, 1.807) is 12.1 Å². The number of benzene rings is 2. The van der Waals surface area contributed by atoms with Gasteiger partial charge < -0.3 is 9.30 Å². The first-order valence-corrected chi connectivity index (χ1v) is 10.2. The van der Waals surface area contributed by atoms with Crippen molar-refractivity contribution in [3.63, 3.8) is 0 Å². The number of likely N-dealkylation sites (tertiary alicyclic amines) is 1. The van der Waals surface area contributed by atoms with Crippen LogP contribution >= 0.6 is 35.6 Å². The molecule has 3 nitrogen and oxygen atoms in total. The maximum absolute atomic E-state index is 6.13. The fourth-order valence-electron chi connectivity index (χ4n) is 3.94. The highest BCUT2D eigenvalue weighted by Gasteiger charge is 2.19. The quantitative estimate of drug-likeness (QED) is 0.453. The summed E-state index contributed by atoms with van der Waals surface area (Å²) in [5.41, 5.74) is 3.83.